The molecule has 4 aromatic rings. The molecule has 1 heterocycles. The third-order valence-corrected chi connectivity index (χ3v) is 13.0. The Hall–Kier alpha value is -3.22. The van der Waals surface area contributed by atoms with Gasteiger partial charge in [0.2, 0.25) is 0 Å². The van der Waals surface area contributed by atoms with E-state index in [1.54, 1.807) is 30.3 Å². The number of hydrogen-bond acceptors (Lipinski definition) is 5. The predicted molar refractivity (Wildman–Crippen MR) is 167 cm³/mol. The molecule has 0 aliphatic heterocycles. The second-order valence-corrected chi connectivity index (χ2v) is 16.3. The zero-order chi connectivity index (χ0) is 28.6. The summed E-state index contributed by atoms with van der Waals surface area (Å²) in [6, 6.07) is 31.5. The molecule has 0 amide bonds. The van der Waals surface area contributed by atoms with Crippen molar-refractivity contribution in [1.82, 2.24) is 0 Å². The second-order valence-electron chi connectivity index (χ2n) is 11.0. The predicted octanol–water partition coefficient (Wildman–Crippen LogP) is 6.66. The van der Waals surface area contributed by atoms with Gasteiger partial charge in [0.15, 0.2) is 0 Å². The molecule has 1 aromatic heterocycles. The van der Waals surface area contributed by atoms with E-state index in [9.17, 15) is 15.3 Å². The maximum atomic E-state index is 11.0. The monoisotopic (exact) mass is 570 g/mol. The van der Waals surface area contributed by atoms with Gasteiger partial charge in [0.05, 0.1) is 18.8 Å². The van der Waals surface area contributed by atoms with Crippen LogP contribution in [0, 0.1) is 0 Å². The highest BCUT2D eigenvalue weighted by atomic mass is 32.1. The Kier molecular flexibility index (Phi) is 9.98. The molecule has 208 valence electrons. The quantitative estimate of drug-likeness (QED) is 0.139. The van der Waals surface area contributed by atoms with Gasteiger partial charge in [-0.2, -0.15) is 0 Å². The molecule has 0 unspecified atom stereocenters. The summed E-state index contributed by atoms with van der Waals surface area (Å²) < 4.78 is 7.12. The molecule has 2 atom stereocenters. The van der Waals surface area contributed by atoms with Crippen molar-refractivity contribution in [3.63, 3.8) is 0 Å². The molecular weight excluding hydrogens is 533 g/mol. The van der Waals surface area contributed by atoms with E-state index >= 15 is 0 Å². The van der Waals surface area contributed by atoms with Crippen LogP contribution >= 0.6 is 11.3 Å². The molecule has 0 aliphatic rings. The zero-order valence-corrected chi connectivity index (χ0v) is 25.1. The lowest BCUT2D eigenvalue weighted by Crippen LogP contribution is -2.66. The zero-order valence-electron chi connectivity index (χ0n) is 23.3. The van der Waals surface area contributed by atoms with E-state index in [1.165, 1.54) is 21.7 Å². The average molecular weight is 571 g/mol. The van der Waals surface area contributed by atoms with Gasteiger partial charge in [0.1, 0.15) is 5.75 Å². The Labute approximate surface area is 242 Å². The van der Waals surface area contributed by atoms with Crippen LogP contribution < -0.4 is 10.4 Å². The first-order valence-corrected chi connectivity index (χ1v) is 16.4. The van der Waals surface area contributed by atoms with Crippen molar-refractivity contribution in [2.75, 3.05) is 6.61 Å². The van der Waals surface area contributed by atoms with E-state index in [0.717, 1.165) is 10.5 Å². The number of aliphatic hydroxyl groups excluding tert-OH is 2. The van der Waals surface area contributed by atoms with E-state index < -0.39 is 20.5 Å². The maximum Gasteiger partial charge on any atom is 0.261 e. The lowest BCUT2D eigenvalue weighted by Gasteiger charge is -2.43. The Morgan fingerprint density at radius 1 is 0.875 bits per heavy atom. The fourth-order valence-electron chi connectivity index (χ4n) is 5.11. The van der Waals surface area contributed by atoms with Crippen molar-refractivity contribution < 1.29 is 19.7 Å². The lowest BCUT2D eigenvalue weighted by molar-refractivity contribution is 0.176. The molecule has 0 aliphatic carbocycles. The third-order valence-electron chi connectivity index (χ3n) is 7.09. The van der Waals surface area contributed by atoms with Crippen LogP contribution in [0.15, 0.2) is 120 Å². The van der Waals surface area contributed by atoms with E-state index in [2.05, 4.69) is 75.0 Å². The molecule has 3 N–H and O–H groups in total. The minimum Gasteiger partial charge on any atom is -0.508 e. The Morgan fingerprint density at radius 2 is 1.52 bits per heavy atom. The summed E-state index contributed by atoms with van der Waals surface area (Å²) in [7, 11) is -2.78. The van der Waals surface area contributed by atoms with E-state index in [0.29, 0.717) is 25.0 Å². The molecule has 0 bridgehead atoms. The fraction of sp³-hybridized carbons (Fsp3) is 0.265. The first-order valence-electron chi connectivity index (χ1n) is 13.6. The van der Waals surface area contributed by atoms with Gasteiger partial charge in [-0.15, -0.1) is 17.1 Å². The van der Waals surface area contributed by atoms with Crippen molar-refractivity contribution in [3.8, 4) is 5.75 Å². The van der Waals surface area contributed by atoms with E-state index in [1.807, 2.05) is 29.6 Å². The van der Waals surface area contributed by atoms with Crippen LogP contribution in [0.1, 0.15) is 56.3 Å². The van der Waals surface area contributed by atoms with Crippen molar-refractivity contribution in [3.05, 3.63) is 130 Å². The molecule has 6 heteroatoms. The smallest absolute Gasteiger partial charge is 0.261 e. The third kappa shape index (κ3) is 7.10. The summed E-state index contributed by atoms with van der Waals surface area (Å²) in [6.07, 6.45) is 1.05. The van der Waals surface area contributed by atoms with Gasteiger partial charge in [0.25, 0.3) is 8.32 Å². The molecule has 0 fully saturated rings. The number of aliphatic hydroxyl groups is 2. The molecule has 40 heavy (non-hydrogen) atoms. The summed E-state index contributed by atoms with van der Waals surface area (Å²) in [5, 5.41) is 35.7. The van der Waals surface area contributed by atoms with Crippen molar-refractivity contribution >= 4 is 30.0 Å². The number of phenolic OH excluding ortho intramolecular Hbond substituents is 1. The number of phenols is 1. The first-order chi connectivity index (χ1) is 19.2. The summed E-state index contributed by atoms with van der Waals surface area (Å²) in [6.45, 7) is 7.02. The minimum absolute atomic E-state index is 0.120. The van der Waals surface area contributed by atoms with Crippen LogP contribution in [0.5, 0.6) is 5.75 Å². The van der Waals surface area contributed by atoms with E-state index in [-0.39, 0.29) is 10.8 Å². The topological polar surface area (TPSA) is 69.9 Å². The maximum absolute atomic E-state index is 11.0. The largest absolute Gasteiger partial charge is 0.508 e. The number of rotatable bonds is 11. The van der Waals surface area contributed by atoms with Gasteiger partial charge in [-0.3, -0.25) is 0 Å². The van der Waals surface area contributed by atoms with Gasteiger partial charge in [-0.05, 0) is 56.2 Å². The molecule has 0 radical (unpaired) electrons. The van der Waals surface area contributed by atoms with Crippen molar-refractivity contribution in [2.45, 2.75) is 50.9 Å². The van der Waals surface area contributed by atoms with E-state index in [4.69, 9.17) is 4.43 Å². The van der Waals surface area contributed by atoms with Crippen LogP contribution in [-0.4, -0.2) is 30.2 Å². The first kappa shape index (κ1) is 29.8. The number of thiophene rings is 1. The summed E-state index contributed by atoms with van der Waals surface area (Å²) >= 11 is 1.52. The highest BCUT2D eigenvalue weighted by Crippen LogP contribution is 2.37. The minimum atomic E-state index is -2.78. The highest BCUT2D eigenvalue weighted by Gasteiger charge is 2.50. The highest BCUT2D eigenvalue weighted by molar-refractivity contribution is 7.10. The normalized spacial score (nSPS) is 13.3. The molecule has 4 nitrogen and oxygen atoms in total. The number of aromatic hydroxyl groups is 1. The summed E-state index contributed by atoms with van der Waals surface area (Å²) in [5.41, 5.74) is 4.84. The van der Waals surface area contributed by atoms with Gasteiger partial charge >= 0.3 is 0 Å². The Bertz CT molecular complexity index is 1370. The Morgan fingerprint density at radius 3 is 2.08 bits per heavy atom. The van der Waals surface area contributed by atoms with Crippen molar-refractivity contribution in [2.24, 2.45) is 0 Å². The second kappa shape index (κ2) is 13.4. The number of hydrogen-bond donors (Lipinski definition) is 3. The summed E-state index contributed by atoms with van der Waals surface area (Å²) in [4.78, 5) is 0.893. The molecule has 0 spiro atoms. The molecule has 0 saturated carbocycles. The molecule has 4 rings (SSSR count). The molecular formula is C34H38O4SSi. The standard InChI is InChI=1S/C34H38O4SSi/c1-34(2,3)40(29-16-6-4-7-17-29,30-18-8-5-9-19-30)38-25-26(23-32(37)33-21-12-22-39-33)13-10-20-31(36)27-14-11-15-28(35)24-27/h4-12,14-19,21-22,24,31-32,35-37H,20,23,25H2,1-3H3/t13?,31-,32-/m1/s1. The molecule has 3 aromatic carbocycles. The SMILES string of the molecule is CC(C)(C)[Si](OCC(=C=CC[C@@H](O)c1cccc(O)c1)C[C@@H](O)c1cccs1)(c1ccccc1)c1ccccc1. The van der Waals surface area contributed by atoms with Crippen LogP contribution in [-0.2, 0) is 4.43 Å². The average Bonchev–Trinajstić information content (AvgIpc) is 3.49. The van der Waals surface area contributed by atoms with Gasteiger partial charge < -0.3 is 19.7 Å². The van der Waals surface area contributed by atoms with Gasteiger partial charge in [-0.1, -0.05) is 99.6 Å². The van der Waals surface area contributed by atoms with Crippen LogP contribution in [0.2, 0.25) is 5.04 Å². The van der Waals surface area contributed by atoms with Crippen LogP contribution in [0.25, 0.3) is 0 Å². The van der Waals surface area contributed by atoms with Crippen molar-refractivity contribution in [1.29, 1.82) is 0 Å². The molecule has 0 saturated heterocycles. The van der Waals surface area contributed by atoms with Gasteiger partial charge in [-0.25, -0.2) is 0 Å². The van der Waals surface area contributed by atoms with Crippen LogP contribution in [0.4, 0.5) is 0 Å². The van der Waals surface area contributed by atoms with Crippen LogP contribution in [0.3, 0.4) is 0 Å². The van der Waals surface area contributed by atoms with Gasteiger partial charge in [0, 0.05) is 17.7 Å². The Balaban J connectivity index is 1.69. The summed E-state index contributed by atoms with van der Waals surface area (Å²) in [5.74, 6) is 0.120. The lowest BCUT2D eigenvalue weighted by atomic mass is 10.1. The fourth-order valence-corrected chi connectivity index (χ4v) is 10.4. The number of benzene rings is 3.